The Labute approximate surface area is 209 Å². The Balaban J connectivity index is 1.66. The summed E-state index contributed by atoms with van der Waals surface area (Å²) in [5, 5.41) is 13.7. The van der Waals surface area contributed by atoms with E-state index < -0.39 is 27.8 Å². The largest absolute Gasteiger partial charge is 0.631 e. The summed E-state index contributed by atoms with van der Waals surface area (Å²) in [7, 11) is -3.48. The third kappa shape index (κ3) is 5.59. The van der Waals surface area contributed by atoms with Gasteiger partial charge in [0.25, 0.3) is 0 Å². The highest BCUT2D eigenvalue weighted by molar-refractivity contribution is 7.92. The van der Waals surface area contributed by atoms with Gasteiger partial charge in [-0.2, -0.15) is 0 Å². The van der Waals surface area contributed by atoms with Crippen LogP contribution in [-0.4, -0.2) is 26.4 Å². The number of ether oxygens (including phenoxy) is 2. The van der Waals surface area contributed by atoms with Crippen molar-refractivity contribution in [1.29, 1.82) is 0 Å². The van der Waals surface area contributed by atoms with Gasteiger partial charge in [0.1, 0.15) is 18.4 Å². The number of hydrogen-bond acceptors (Lipinski definition) is 6. The van der Waals surface area contributed by atoms with Gasteiger partial charge in [-0.1, -0.05) is 35.9 Å². The van der Waals surface area contributed by atoms with Crippen molar-refractivity contribution in [2.24, 2.45) is 0 Å². The predicted molar refractivity (Wildman–Crippen MR) is 133 cm³/mol. The molecule has 35 heavy (non-hydrogen) atoms. The molecule has 3 aromatic rings. The van der Waals surface area contributed by atoms with Crippen molar-refractivity contribution in [1.82, 2.24) is 0 Å². The molecular formula is C25H25ClN2O6S. The number of esters is 1. The monoisotopic (exact) mass is 516 g/mol. The van der Waals surface area contributed by atoms with Gasteiger partial charge in [-0.25, -0.2) is 13.2 Å². The van der Waals surface area contributed by atoms with Gasteiger partial charge < -0.3 is 19.7 Å². The lowest BCUT2D eigenvalue weighted by Crippen LogP contribution is -3.17. The van der Waals surface area contributed by atoms with E-state index in [0.717, 1.165) is 6.26 Å². The SMILES string of the molecule is CC1(C)Oc2cc(NS(C)(=O)=O)ccc2C(c2ccc(Cl)c(COC(=O)c3ccccc3)c2)[NH+]1[O-]. The van der Waals surface area contributed by atoms with Crippen molar-refractivity contribution < 1.29 is 27.7 Å². The molecule has 0 radical (unpaired) electrons. The van der Waals surface area contributed by atoms with E-state index in [2.05, 4.69) is 4.72 Å². The number of sulfonamides is 1. The summed E-state index contributed by atoms with van der Waals surface area (Å²) in [6.07, 6.45) is 1.06. The Hall–Kier alpha value is -3.11. The molecule has 0 bridgehead atoms. The van der Waals surface area contributed by atoms with Crippen molar-refractivity contribution in [2.45, 2.75) is 32.2 Å². The number of benzene rings is 3. The molecule has 0 saturated heterocycles. The molecule has 8 nitrogen and oxygen atoms in total. The minimum atomic E-state index is -3.48. The lowest BCUT2D eigenvalue weighted by molar-refractivity contribution is -0.951. The van der Waals surface area contributed by atoms with Gasteiger partial charge >= 0.3 is 5.97 Å². The molecule has 2 unspecified atom stereocenters. The lowest BCUT2D eigenvalue weighted by atomic mass is 9.93. The molecule has 0 aliphatic carbocycles. The third-order valence-corrected chi connectivity index (χ3v) is 6.60. The molecule has 2 atom stereocenters. The Morgan fingerprint density at radius 1 is 1.14 bits per heavy atom. The zero-order valence-corrected chi connectivity index (χ0v) is 20.9. The van der Waals surface area contributed by atoms with Crippen molar-refractivity contribution in [3.63, 3.8) is 0 Å². The van der Waals surface area contributed by atoms with Crippen LogP contribution in [0.3, 0.4) is 0 Å². The van der Waals surface area contributed by atoms with E-state index in [1.54, 1.807) is 74.5 Å². The van der Waals surface area contributed by atoms with Gasteiger partial charge in [0.15, 0.2) is 0 Å². The Bertz CT molecular complexity index is 1360. The van der Waals surface area contributed by atoms with E-state index in [1.807, 2.05) is 6.07 Å². The molecule has 2 N–H and O–H groups in total. The molecule has 0 spiro atoms. The Kier molecular flexibility index (Phi) is 6.79. The minimum Gasteiger partial charge on any atom is -0.631 e. The second kappa shape index (κ2) is 9.50. The van der Waals surface area contributed by atoms with Crippen LogP contribution in [0.5, 0.6) is 5.75 Å². The van der Waals surface area contributed by atoms with E-state index >= 15 is 0 Å². The fourth-order valence-electron chi connectivity index (χ4n) is 3.97. The van der Waals surface area contributed by atoms with Crippen molar-refractivity contribution >= 4 is 33.3 Å². The van der Waals surface area contributed by atoms with E-state index in [4.69, 9.17) is 21.1 Å². The molecule has 1 aliphatic heterocycles. The number of nitrogens with one attached hydrogen (secondary N) is 2. The van der Waals surface area contributed by atoms with E-state index in [-0.39, 0.29) is 11.7 Å². The van der Waals surface area contributed by atoms with Crippen molar-refractivity contribution in [3.8, 4) is 5.75 Å². The summed E-state index contributed by atoms with van der Waals surface area (Å²) < 4.78 is 37.1. The normalized spacial score (nSPS) is 18.8. The summed E-state index contributed by atoms with van der Waals surface area (Å²) in [4.78, 5) is 12.4. The second-order valence-electron chi connectivity index (χ2n) is 8.83. The fraction of sp³-hybridized carbons (Fsp3) is 0.240. The molecule has 1 aliphatic rings. The number of hydrogen-bond donors (Lipinski definition) is 2. The first kappa shape index (κ1) is 25.0. The first-order chi connectivity index (χ1) is 16.4. The zero-order valence-electron chi connectivity index (χ0n) is 19.4. The highest BCUT2D eigenvalue weighted by Gasteiger charge is 2.42. The predicted octanol–water partition coefficient (Wildman–Crippen LogP) is 3.67. The molecular weight excluding hydrogens is 492 g/mol. The van der Waals surface area contributed by atoms with Crippen LogP contribution in [0, 0.1) is 5.21 Å². The summed E-state index contributed by atoms with van der Waals surface area (Å²) in [5.74, 6) is -0.0770. The van der Waals surface area contributed by atoms with Crippen LogP contribution in [0.4, 0.5) is 5.69 Å². The number of anilines is 1. The first-order valence-corrected chi connectivity index (χ1v) is 13.1. The maximum Gasteiger partial charge on any atom is 0.338 e. The average Bonchev–Trinajstić information content (AvgIpc) is 2.79. The molecule has 3 aromatic carbocycles. The topological polar surface area (TPSA) is 109 Å². The highest BCUT2D eigenvalue weighted by Crippen LogP contribution is 2.37. The number of fused-ring (bicyclic) bond motifs is 1. The van der Waals surface area contributed by atoms with Gasteiger partial charge in [-0.15, -0.1) is 0 Å². The van der Waals surface area contributed by atoms with Gasteiger partial charge in [-0.05, 0) is 36.4 Å². The number of carbonyl (C=O) groups excluding carboxylic acids is 1. The molecule has 4 rings (SSSR count). The van der Waals surface area contributed by atoms with Crippen molar-refractivity contribution in [2.75, 3.05) is 11.0 Å². The third-order valence-electron chi connectivity index (χ3n) is 5.62. The summed E-state index contributed by atoms with van der Waals surface area (Å²) >= 11 is 6.37. The van der Waals surface area contributed by atoms with E-state index in [1.165, 1.54) is 0 Å². The van der Waals surface area contributed by atoms with Crippen LogP contribution in [0.2, 0.25) is 5.02 Å². The molecule has 184 valence electrons. The Morgan fingerprint density at radius 2 is 1.86 bits per heavy atom. The number of carbonyl (C=O) groups is 1. The molecule has 0 saturated carbocycles. The summed E-state index contributed by atoms with van der Waals surface area (Å²) in [6.45, 7) is 3.27. The summed E-state index contributed by atoms with van der Waals surface area (Å²) in [6, 6.07) is 17.9. The van der Waals surface area contributed by atoms with Crippen LogP contribution in [0.1, 0.15) is 46.9 Å². The average molecular weight is 517 g/mol. The minimum absolute atomic E-state index is 0.0642. The van der Waals surface area contributed by atoms with Gasteiger partial charge in [0.2, 0.25) is 15.7 Å². The number of hydroxylamine groups is 2. The number of rotatable bonds is 6. The standard InChI is InChI=1S/C25H25ClN2O6S/c1-25(2)28(30)23(20-11-10-19(14-22(20)34-25)27-35(3,31)32)17-9-12-21(26)18(13-17)15-33-24(29)16-7-5-4-6-8-16/h4-14,23,27-28H,15H2,1-3H3. The number of halogens is 1. The quantitative estimate of drug-likeness (QED) is 0.382. The molecule has 0 aromatic heterocycles. The maximum atomic E-state index is 13.4. The van der Waals surface area contributed by atoms with E-state index in [9.17, 15) is 18.4 Å². The van der Waals surface area contributed by atoms with Crippen LogP contribution in [-0.2, 0) is 21.4 Å². The highest BCUT2D eigenvalue weighted by atomic mass is 35.5. The second-order valence-corrected chi connectivity index (χ2v) is 11.0. The van der Waals surface area contributed by atoms with Crippen LogP contribution in [0.25, 0.3) is 0 Å². The Morgan fingerprint density at radius 3 is 2.54 bits per heavy atom. The first-order valence-electron chi connectivity index (χ1n) is 10.8. The smallest absolute Gasteiger partial charge is 0.338 e. The van der Waals surface area contributed by atoms with Gasteiger partial charge in [-0.3, -0.25) is 4.72 Å². The van der Waals surface area contributed by atoms with Gasteiger partial charge in [0.05, 0.1) is 23.1 Å². The molecule has 1 heterocycles. The van der Waals surface area contributed by atoms with Gasteiger partial charge in [0, 0.05) is 36.1 Å². The lowest BCUT2D eigenvalue weighted by Gasteiger charge is -2.47. The maximum absolute atomic E-state index is 13.4. The van der Waals surface area contributed by atoms with Crippen LogP contribution < -0.4 is 14.5 Å². The van der Waals surface area contributed by atoms with Crippen LogP contribution >= 0.6 is 11.6 Å². The van der Waals surface area contributed by atoms with Crippen LogP contribution in [0.15, 0.2) is 66.7 Å². The zero-order chi connectivity index (χ0) is 25.4. The molecule has 0 fully saturated rings. The summed E-state index contributed by atoms with van der Waals surface area (Å²) in [5.41, 5.74) is 1.42. The molecule has 10 heteroatoms. The number of quaternary nitrogens is 1. The van der Waals surface area contributed by atoms with E-state index in [0.29, 0.717) is 38.7 Å². The fourth-order valence-corrected chi connectivity index (χ4v) is 4.70. The van der Waals surface area contributed by atoms with Crippen molar-refractivity contribution in [3.05, 3.63) is 99.2 Å². The molecule has 0 amide bonds.